The normalized spacial score (nSPS) is 20.6. The lowest BCUT2D eigenvalue weighted by atomic mass is 10.0. The zero-order valence-corrected chi connectivity index (χ0v) is 12.5. The van der Waals surface area contributed by atoms with Gasteiger partial charge in [0.05, 0.1) is 17.3 Å². The molecule has 2 heterocycles. The van der Waals surface area contributed by atoms with E-state index in [1.165, 1.54) is 4.90 Å². The van der Waals surface area contributed by atoms with Crippen LogP contribution in [0.25, 0.3) is 10.8 Å². The van der Waals surface area contributed by atoms with Crippen LogP contribution in [0.4, 0.5) is 10.5 Å². The van der Waals surface area contributed by atoms with E-state index in [0.29, 0.717) is 22.9 Å². The Bertz CT molecular complexity index is 836. The van der Waals surface area contributed by atoms with Gasteiger partial charge in [0.25, 0.3) is 5.91 Å². The van der Waals surface area contributed by atoms with Crippen molar-refractivity contribution in [2.45, 2.75) is 6.04 Å². The van der Waals surface area contributed by atoms with Crippen LogP contribution in [0.2, 0.25) is 0 Å². The van der Waals surface area contributed by atoms with E-state index in [-0.39, 0.29) is 18.0 Å². The number of rotatable bonds is 1. The topological polar surface area (TPSA) is 64.4 Å². The lowest BCUT2D eigenvalue weighted by Crippen LogP contribution is -2.33. The molecule has 108 valence electrons. The maximum atomic E-state index is 12.6. The highest BCUT2D eigenvalue weighted by molar-refractivity contribution is 7.78. The van der Waals surface area contributed by atoms with Crippen molar-refractivity contribution in [1.82, 2.24) is 4.90 Å². The molecule has 2 saturated heterocycles. The number of urea groups is 1. The van der Waals surface area contributed by atoms with E-state index in [2.05, 4.69) is 6.07 Å². The van der Waals surface area contributed by atoms with Gasteiger partial charge in [0.15, 0.2) is 11.9 Å². The van der Waals surface area contributed by atoms with Gasteiger partial charge in [0.2, 0.25) is 0 Å². The maximum Gasteiger partial charge on any atom is 0.335 e. The Balaban J connectivity index is 1.91. The first-order chi connectivity index (χ1) is 10.7. The summed E-state index contributed by atoms with van der Waals surface area (Å²) in [6, 6.07) is 12.3. The molecule has 2 aromatic carbocycles. The molecule has 0 saturated carbocycles. The molecule has 0 aromatic heterocycles. The van der Waals surface area contributed by atoms with Crippen molar-refractivity contribution in [2.24, 2.45) is 0 Å². The lowest BCUT2D eigenvalue weighted by Gasteiger charge is -2.17. The lowest BCUT2D eigenvalue weighted by molar-refractivity contribution is -0.118. The van der Waals surface area contributed by atoms with Gasteiger partial charge < -0.3 is 0 Å². The van der Waals surface area contributed by atoms with Crippen LogP contribution in [0, 0.1) is 11.3 Å². The highest BCUT2D eigenvalue weighted by Gasteiger charge is 2.52. The minimum atomic E-state index is -0.330. The second-order valence-corrected chi connectivity index (χ2v) is 6.37. The molecule has 0 aliphatic carbocycles. The van der Waals surface area contributed by atoms with Gasteiger partial charge >= 0.3 is 6.03 Å². The van der Waals surface area contributed by atoms with Gasteiger partial charge in [-0.3, -0.25) is 9.69 Å². The Labute approximate surface area is 131 Å². The molecule has 2 aromatic rings. The second-order valence-electron chi connectivity index (χ2n) is 5.28. The molecule has 0 bridgehead atoms. The fourth-order valence-corrected chi connectivity index (χ4v) is 4.31. The van der Waals surface area contributed by atoms with Gasteiger partial charge in [-0.25, -0.2) is 9.69 Å². The van der Waals surface area contributed by atoms with E-state index in [1.807, 2.05) is 24.3 Å². The van der Waals surface area contributed by atoms with Gasteiger partial charge in [-0.05, 0) is 23.9 Å². The third-order valence-corrected chi connectivity index (χ3v) is 5.24. The second kappa shape index (κ2) is 4.75. The van der Waals surface area contributed by atoms with Crippen LogP contribution >= 0.6 is 0 Å². The van der Waals surface area contributed by atoms with Crippen LogP contribution in [0.15, 0.2) is 36.4 Å². The SMILES string of the molecule is N#Cc1ccc(N2C(=O)[C@@H]3C[SH+]CN3C2=O)c2ccccc12. The molecule has 0 spiro atoms. The Morgan fingerprint density at radius 1 is 1.14 bits per heavy atom. The number of nitrogens with zero attached hydrogens (tertiary/aromatic N) is 3. The Kier molecular flexibility index (Phi) is 2.84. The first-order valence-electron chi connectivity index (χ1n) is 6.92. The molecule has 1 atom stereocenters. The van der Waals surface area contributed by atoms with Gasteiger partial charge in [0, 0.05) is 10.8 Å². The number of anilines is 1. The summed E-state index contributed by atoms with van der Waals surface area (Å²) >= 11 is 1.12. The summed E-state index contributed by atoms with van der Waals surface area (Å²) < 4.78 is 0. The first kappa shape index (κ1) is 13.2. The average molecular weight is 310 g/mol. The molecule has 22 heavy (non-hydrogen) atoms. The van der Waals surface area contributed by atoms with Crippen molar-refractivity contribution < 1.29 is 9.59 Å². The van der Waals surface area contributed by atoms with Crippen LogP contribution in [0.3, 0.4) is 0 Å². The Morgan fingerprint density at radius 3 is 2.64 bits per heavy atom. The van der Waals surface area contributed by atoms with E-state index >= 15 is 0 Å². The van der Waals surface area contributed by atoms with Crippen LogP contribution in [-0.4, -0.2) is 34.5 Å². The molecule has 2 aliphatic heterocycles. The predicted octanol–water partition coefficient (Wildman–Crippen LogP) is 1.63. The number of benzene rings is 2. The predicted molar refractivity (Wildman–Crippen MR) is 85.7 cm³/mol. The van der Waals surface area contributed by atoms with Gasteiger partial charge in [-0.2, -0.15) is 5.26 Å². The van der Waals surface area contributed by atoms with Crippen molar-refractivity contribution in [3.05, 3.63) is 42.0 Å². The Morgan fingerprint density at radius 2 is 1.91 bits per heavy atom. The van der Waals surface area contributed by atoms with Crippen molar-refractivity contribution in [2.75, 3.05) is 16.5 Å². The molecule has 3 amide bonds. The minimum Gasteiger partial charge on any atom is -0.271 e. The van der Waals surface area contributed by atoms with E-state index in [1.54, 1.807) is 17.0 Å². The quantitative estimate of drug-likeness (QED) is 0.457. The number of carbonyl (C=O) groups is 2. The molecule has 0 N–H and O–H groups in total. The Hall–Kier alpha value is -2.52. The van der Waals surface area contributed by atoms with Gasteiger partial charge in [0.1, 0.15) is 5.75 Å². The molecule has 2 fully saturated rings. The molecular weight excluding hydrogens is 298 g/mol. The van der Waals surface area contributed by atoms with Crippen LogP contribution in [-0.2, 0) is 16.6 Å². The number of hydrogen-bond donors (Lipinski definition) is 0. The number of nitriles is 1. The smallest absolute Gasteiger partial charge is 0.271 e. The summed E-state index contributed by atoms with van der Waals surface area (Å²) in [7, 11) is 0. The number of thiol groups is 1. The maximum absolute atomic E-state index is 12.6. The van der Waals surface area contributed by atoms with Crippen molar-refractivity contribution in [3.8, 4) is 6.07 Å². The van der Waals surface area contributed by atoms with Crippen molar-refractivity contribution in [1.29, 1.82) is 5.26 Å². The summed E-state index contributed by atoms with van der Waals surface area (Å²) in [6.45, 7) is 0. The van der Waals surface area contributed by atoms with Crippen LogP contribution < -0.4 is 4.90 Å². The molecule has 6 heteroatoms. The third-order valence-electron chi connectivity index (χ3n) is 4.14. The van der Waals surface area contributed by atoms with E-state index < -0.39 is 0 Å². The number of fused-ring (bicyclic) bond motifs is 2. The molecule has 2 aliphatic rings. The highest BCUT2D eigenvalue weighted by atomic mass is 32.2. The van der Waals surface area contributed by atoms with E-state index in [0.717, 1.165) is 22.5 Å². The third kappa shape index (κ3) is 1.66. The van der Waals surface area contributed by atoms with Crippen molar-refractivity contribution in [3.63, 3.8) is 0 Å². The molecule has 4 rings (SSSR count). The first-order valence-corrected chi connectivity index (χ1v) is 8.18. The number of imide groups is 1. The fraction of sp³-hybridized carbons (Fsp3) is 0.188. The summed E-state index contributed by atoms with van der Waals surface area (Å²) in [5.41, 5.74) is 1.10. The summed E-state index contributed by atoms with van der Waals surface area (Å²) in [4.78, 5) is 28.0. The van der Waals surface area contributed by atoms with E-state index in [4.69, 9.17) is 0 Å². The van der Waals surface area contributed by atoms with Crippen molar-refractivity contribution >= 4 is 40.2 Å². The molecule has 5 nitrogen and oxygen atoms in total. The minimum absolute atomic E-state index is 0.162. The highest BCUT2D eigenvalue weighted by Crippen LogP contribution is 2.34. The zero-order chi connectivity index (χ0) is 15.3. The van der Waals surface area contributed by atoms with Gasteiger partial charge in [-0.15, -0.1) is 0 Å². The zero-order valence-electron chi connectivity index (χ0n) is 11.6. The van der Waals surface area contributed by atoms with Gasteiger partial charge in [-0.1, -0.05) is 24.3 Å². The molecule has 0 radical (unpaired) electrons. The molecule has 0 unspecified atom stereocenters. The number of carbonyl (C=O) groups excluding carboxylic acids is 2. The average Bonchev–Trinajstić information content (AvgIpc) is 3.11. The number of amides is 3. The summed E-state index contributed by atoms with van der Waals surface area (Å²) in [6.07, 6.45) is 0. The van der Waals surface area contributed by atoms with Crippen LogP contribution in [0.5, 0.6) is 0 Å². The standard InChI is InChI=1S/C16H11N3O2S/c17-7-10-5-6-13(12-4-2-1-3-11(10)12)19-15(20)14-8-22-9-18(14)16(19)21/h1-6,14H,8-9H2/p+1/t14-/m0/s1. The molecular formula is C16H12N3O2S+. The summed E-state index contributed by atoms with van der Waals surface area (Å²) in [5, 5.41) is 10.7. The summed E-state index contributed by atoms with van der Waals surface area (Å²) in [5.74, 6) is 1.15. The van der Waals surface area contributed by atoms with E-state index in [9.17, 15) is 14.9 Å². The number of hydrogen-bond acceptors (Lipinski definition) is 3. The largest absolute Gasteiger partial charge is 0.335 e. The monoisotopic (exact) mass is 310 g/mol. The van der Waals surface area contributed by atoms with Crippen LogP contribution in [0.1, 0.15) is 5.56 Å². The fourth-order valence-electron chi connectivity index (χ4n) is 3.06.